The molecule has 4 aromatic heterocycles. The fourth-order valence-electron chi connectivity index (χ4n) is 4.64. The van der Waals surface area contributed by atoms with Crippen molar-refractivity contribution in [1.82, 2.24) is 40.1 Å². The number of tetrazole rings is 1. The second kappa shape index (κ2) is 8.74. The fourth-order valence-corrected chi connectivity index (χ4v) is 4.64. The number of nitrogens with zero attached hydrogens (tertiary/aromatic N) is 8. The number of pyridine rings is 2. The number of anilines is 1. The van der Waals surface area contributed by atoms with Crippen molar-refractivity contribution in [3.05, 3.63) is 37.1 Å². The fraction of sp³-hybridized carbons (Fsp3) is 0.455. The molecule has 0 spiro atoms. The maximum Gasteiger partial charge on any atom is 0.225 e. The van der Waals surface area contributed by atoms with Crippen LogP contribution < -0.4 is 9.64 Å². The lowest BCUT2D eigenvalue weighted by Crippen LogP contribution is -2.36. The molecule has 11 heteroatoms. The van der Waals surface area contributed by atoms with E-state index < -0.39 is 0 Å². The second-order valence-corrected chi connectivity index (χ2v) is 8.48. The highest BCUT2D eigenvalue weighted by Crippen LogP contribution is 2.34. The van der Waals surface area contributed by atoms with Crippen molar-refractivity contribution in [2.75, 3.05) is 31.2 Å². The molecule has 1 saturated heterocycles. The van der Waals surface area contributed by atoms with Crippen LogP contribution in [0.4, 0.5) is 5.82 Å². The zero-order chi connectivity index (χ0) is 22.0. The van der Waals surface area contributed by atoms with E-state index in [1.807, 2.05) is 30.9 Å². The second-order valence-electron chi connectivity index (χ2n) is 8.48. The third kappa shape index (κ3) is 4.11. The quantitative estimate of drug-likeness (QED) is 0.492. The van der Waals surface area contributed by atoms with Crippen LogP contribution in [0, 0.1) is 0 Å². The summed E-state index contributed by atoms with van der Waals surface area (Å²) in [6.45, 7) is 2.99. The number of aromatic nitrogens is 8. The standard InChI is InChI=1S/C22H25N9O2/c1-3-17(4-2-16(1)31-6-5-23-14-31)33-22-18-11-15(21-26-28-29-27-21)13-24-19(18)12-20(25-22)30-7-9-32-10-8-30/h5-6,11-14,16-17H,1-4,7-10H2,(H,26,27,28,29)/t16-,17+. The largest absolute Gasteiger partial charge is 0.474 e. The molecule has 0 amide bonds. The number of imidazole rings is 1. The first-order valence-corrected chi connectivity index (χ1v) is 11.4. The van der Waals surface area contributed by atoms with Crippen molar-refractivity contribution in [3.63, 3.8) is 0 Å². The van der Waals surface area contributed by atoms with Gasteiger partial charge < -0.3 is 18.9 Å². The van der Waals surface area contributed by atoms with Gasteiger partial charge in [0.1, 0.15) is 11.9 Å². The molecule has 1 aliphatic carbocycles. The summed E-state index contributed by atoms with van der Waals surface area (Å²) in [6, 6.07) is 4.49. The Morgan fingerprint density at radius 1 is 1.09 bits per heavy atom. The van der Waals surface area contributed by atoms with Crippen LogP contribution in [-0.4, -0.2) is 72.6 Å². The van der Waals surface area contributed by atoms with Gasteiger partial charge in [0, 0.05) is 49.4 Å². The molecular formula is C22H25N9O2. The van der Waals surface area contributed by atoms with Crippen LogP contribution in [-0.2, 0) is 4.74 Å². The third-order valence-electron chi connectivity index (χ3n) is 6.45. The number of hydrogen-bond acceptors (Lipinski definition) is 9. The first kappa shape index (κ1) is 20.0. The van der Waals surface area contributed by atoms with Gasteiger partial charge in [0.15, 0.2) is 5.82 Å². The summed E-state index contributed by atoms with van der Waals surface area (Å²) in [5, 5.41) is 15.0. The van der Waals surface area contributed by atoms with Crippen LogP contribution in [0.15, 0.2) is 37.1 Å². The van der Waals surface area contributed by atoms with Crippen LogP contribution in [0.1, 0.15) is 31.7 Å². The van der Waals surface area contributed by atoms with Gasteiger partial charge in [0.05, 0.1) is 30.4 Å². The monoisotopic (exact) mass is 447 g/mol. The maximum atomic E-state index is 6.54. The van der Waals surface area contributed by atoms with Gasteiger partial charge in [0.25, 0.3) is 0 Å². The predicted octanol–water partition coefficient (Wildman–Crippen LogP) is 2.41. The Bertz CT molecular complexity index is 1200. The van der Waals surface area contributed by atoms with E-state index >= 15 is 0 Å². The van der Waals surface area contributed by atoms with E-state index in [9.17, 15) is 0 Å². The number of H-pyrrole nitrogens is 1. The molecule has 1 aliphatic heterocycles. The predicted molar refractivity (Wildman–Crippen MR) is 120 cm³/mol. The average Bonchev–Trinajstić information content (AvgIpc) is 3.60. The summed E-state index contributed by atoms with van der Waals surface area (Å²) in [5.74, 6) is 2.05. The molecule has 1 saturated carbocycles. The summed E-state index contributed by atoms with van der Waals surface area (Å²) < 4.78 is 14.3. The minimum Gasteiger partial charge on any atom is -0.474 e. The van der Waals surface area contributed by atoms with E-state index in [2.05, 4.69) is 40.1 Å². The van der Waals surface area contributed by atoms with Crippen molar-refractivity contribution in [2.24, 2.45) is 0 Å². The number of rotatable bonds is 5. The van der Waals surface area contributed by atoms with Gasteiger partial charge in [-0.2, -0.15) is 4.98 Å². The van der Waals surface area contributed by atoms with E-state index in [4.69, 9.17) is 14.5 Å². The van der Waals surface area contributed by atoms with Crippen molar-refractivity contribution in [3.8, 4) is 17.3 Å². The SMILES string of the molecule is c1cn([C@H]2CC[C@@H](Oc3nc(N4CCOCC4)cc4ncc(-c5nnn[nH]5)cc34)CC2)cn1. The van der Waals surface area contributed by atoms with E-state index in [-0.39, 0.29) is 6.10 Å². The first-order chi connectivity index (χ1) is 16.3. The van der Waals surface area contributed by atoms with E-state index in [0.29, 0.717) is 31.0 Å². The van der Waals surface area contributed by atoms with Gasteiger partial charge in [0.2, 0.25) is 5.88 Å². The van der Waals surface area contributed by atoms with Crippen LogP contribution in [0.25, 0.3) is 22.3 Å². The summed E-state index contributed by atoms with van der Waals surface area (Å²) in [4.78, 5) is 16.0. The molecule has 0 bridgehead atoms. The van der Waals surface area contributed by atoms with Crippen molar-refractivity contribution in [2.45, 2.75) is 37.8 Å². The molecule has 2 aliphatic rings. The zero-order valence-electron chi connectivity index (χ0n) is 18.2. The van der Waals surface area contributed by atoms with Gasteiger partial charge in [-0.15, -0.1) is 5.10 Å². The van der Waals surface area contributed by atoms with Crippen molar-refractivity contribution < 1.29 is 9.47 Å². The first-order valence-electron chi connectivity index (χ1n) is 11.4. The normalized spacial score (nSPS) is 21.4. The molecule has 0 radical (unpaired) electrons. The van der Waals surface area contributed by atoms with Crippen molar-refractivity contribution in [1.29, 1.82) is 0 Å². The average molecular weight is 448 g/mol. The maximum absolute atomic E-state index is 6.54. The van der Waals surface area contributed by atoms with Crippen LogP contribution in [0.2, 0.25) is 0 Å². The number of aromatic amines is 1. The van der Waals surface area contributed by atoms with Crippen LogP contribution in [0.3, 0.4) is 0 Å². The molecule has 6 rings (SSSR count). The molecule has 5 heterocycles. The number of morpholine rings is 1. The van der Waals surface area contributed by atoms with E-state index in [1.54, 1.807) is 6.20 Å². The van der Waals surface area contributed by atoms with Crippen LogP contribution >= 0.6 is 0 Å². The third-order valence-corrected chi connectivity index (χ3v) is 6.45. The minimum atomic E-state index is 0.107. The number of ether oxygens (including phenoxy) is 2. The molecule has 0 unspecified atom stereocenters. The molecule has 0 atom stereocenters. The Balaban J connectivity index is 1.31. The van der Waals surface area contributed by atoms with E-state index in [1.165, 1.54) is 0 Å². The van der Waals surface area contributed by atoms with Gasteiger partial charge >= 0.3 is 0 Å². The smallest absolute Gasteiger partial charge is 0.225 e. The molecule has 170 valence electrons. The Labute approximate surface area is 190 Å². The highest BCUT2D eigenvalue weighted by Gasteiger charge is 2.25. The van der Waals surface area contributed by atoms with Crippen molar-refractivity contribution >= 4 is 16.7 Å². The number of nitrogens with one attached hydrogen (secondary N) is 1. The molecule has 33 heavy (non-hydrogen) atoms. The topological polar surface area (TPSA) is 120 Å². The highest BCUT2D eigenvalue weighted by atomic mass is 16.5. The molecule has 4 aromatic rings. The molecule has 2 fully saturated rings. The highest BCUT2D eigenvalue weighted by molar-refractivity contribution is 5.88. The lowest BCUT2D eigenvalue weighted by Gasteiger charge is -2.31. The number of hydrogen-bond donors (Lipinski definition) is 1. The molecule has 11 nitrogen and oxygen atoms in total. The van der Waals surface area contributed by atoms with Gasteiger partial charge in [-0.3, -0.25) is 4.98 Å². The summed E-state index contributed by atoms with van der Waals surface area (Å²) >= 11 is 0. The minimum absolute atomic E-state index is 0.107. The number of fused-ring (bicyclic) bond motifs is 1. The van der Waals surface area contributed by atoms with Crippen LogP contribution in [0.5, 0.6) is 5.88 Å². The zero-order valence-corrected chi connectivity index (χ0v) is 18.2. The lowest BCUT2D eigenvalue weighted by atomic mass is 9.93. The summed E-state index contributed by atoms with van der Waals surface area (Å²) in [7, 11) is 0. The van der Waals surface area contributed by atoms with Gasteiger partial charge in [-0.1, -0.05) is 0 Å². The molecular weight excluding hydrogens is 422 g/mol. The van der Waals surface area contributed by atoms with Gasteiger partial charge in [-0.25, -0.2) is 10.1 Å². The summed E-state index contributed by atoms with van der Waals surface area (Å²) in [6.07, 6.45) is 11.7. The Kier molecular flexibility index (Phi) is 5.31. The Hall–Kier alpha value is -3.60. The Morgan fingerprint density at radius 3 is 2.73 bits per heavy atom. The molecule has 1 N–H and O–H groups in total. The Morgan fingerprint density at radius 2 is 1.97 bits per heavy atom. The van der Waals surface area contributed by atoms with E-state index in [0.717, 1.165) is 61.1 Å². The molecule has 0 aromatic carbocycles. The van der Waals surface area contributed by atoms with Gasteiger partial charge in [-0.05, 0) is 42.2 Å². The summed E-state index contributed by atoms with van der Waals surface area (Å²) in [5.41, 5.74) is 1.63. The lowest BCUT2D eigenvalue weighted by molar-refractivity contribution is 0.121.